The van der Waals surface area contributed by atoms with Crippen LogP contribution in [0.3, 0.4) is 0 Å². The first-order valence-electron chi connectivity index (χ1n) is 10.3. The Kier molecular flexibility index (Phi) is 5.89. The molecule has 0 amide bonds. The zero-order valence-electron chi connectivity index (χ0n) is 16.7. The van der Waals surface area contributed by atoms with Crippen molar-refractivity contribution in [3.8, 4) is 0 Å². The fourth-order valence-corrected chi connectivity index (χ4v) is 4.47. The molecule has 2 aliphatic rings. The SMILES string of the molecule is CCCCN(C)Cc1cn[nH]c1[C@@H]1CCC2(CCC(C)(C)CC2)OC1. The van der Waals surface area contributed by atoms with Crippen LogP contribution in [0.25, 0.3) is 0 Å². The van der Waals surface area contributed by atoms with Gasteiger partial charge in [-0.2, -0.15) is 5.10 Å². The highest BCUT2D eigenvalue weighted by Crippen LogP contribution is 2.47. The van der Waals surface area contributed by atoms with E-state index in [0.29, 0.717) is 11.3 Å². The van der Waals surface area contributed by atoms with Crippen LogP contribution in [0.15, 0.2) is 6.20 Å². The van der Waals surface area contributed by atoms with Crippen molar-refractivity contribution in [2.45, 2.75) is 90.2 Å². The quantitative estimate of drug-likeness (QED) is 0.798. The Hall–Kier alpha value is -0.870. The number of nitrogens with one attached hydrogen (secondary N) is 1. The van der Waals surface area contributed by atoms with Crippen LogP contribution in [0.4, 0.5) is 0 Å². The summed E-state index contributed by atoms with van der Waals surface area (Å²) in [5, 5.41) is 7.63. The molecule has 4 heteroatoms. The number of hydrogen-bond acceptors (Lipinski definition) is 3. The summed E-state index contributed by atoms with van der Waals surface area (Å²) in [5.41, 5.74) is 3.34. The number of ether oxygens (including phenoxy) is 1. The fraction of sp³-hybridized carbons (Fsp3) is 0.857. The number of hydrogen-bond donors (Lipinski definition) is 1. The molecule has 1 saturated heterocycles. The Bertz CT molecular complexity index is 531. The summed E-state index contributed by atoms with van der Waals surface area (Å²) in [6.45, 7) is 10.0. The lowest BCUT2D eigenvalue weighted by atomic mass is 9.68. The largest absolute Gasteiger partial charge is 0.374 e. The van der Waals surface area contributed by atoms with E-state index in [9.17, 15) is 0 Å². The Labute approximate surface area is 153 Å². The molecule has 0 bridgehead atoms. The third-order valence-electron chi connectivity index (χ3n) is 6.55. The zero-order valence-corrected chi connectivity index (χ0v) is 16.7. The second-order valence-corrected chi connectivity index (χ2v) is 9.29. The predicted molar refractivity (Wildman–Crippen MR) is 103 cm³/mol. The van der Waals surface area contributed by atoms with Gasteiger partial charge in [-0.25, -0.2) is 0 Å². The van der Waals surface area contributed by atoms with Crippen molar-refractivity contribution in [3.63, 3.8) is 0 Å². The number of aromatic nitrogens is 2. The van der Waals surface area contributed by atoms with E-state index >= 15 is 0 Å². The minimum absolute atomic E-state index is 0.171. The zero-order chi connectivity index (χ0) is 17.9. The summed E-state index contributed by atoms with van der Waals surface area (Å²) >= 11 is 0. The molecule has 3 rings (SSSR count). The van der Waals surface area contributed by atoms with Crippen LogP contribution in [0, 0.1) is 5.41 Å². The lowest BCUT2D eigenvalue weighted by Gasteiger charge is -2.47. The highest BCUT2D eigenvalue weighted by molar-refractivity contribution is 5.21. The van der Waals surface area contributed by atoms with Crippen molar-refractivity contribution in [1.82, 2.24) is 15.1 Å². The van der Waals surface area contributed by atoms with Gasteiger partial charge in [0.25, 0.3) is 0 Å². The maximum Gasteiger partial charge on any atom is 0.0683 e. The van der Waals surface area contributed by atoms with E-state index < -0.39 is 0 Å². The van der Waals surface area contributed by atoms with Gasteiger partial charge in [-0.1, -0.05) is 27.2 Å². The highest BCUT2D eigenvalue weighted by atomic mass is 16.5. The summed E-state index contributed by atoms with van der Waals surface area (Å²) in [6, 6.07) is 0. The van der Waals surface area contributed by atoms with E-state index in [-0.39, 0.29) is 5.60 Å². The fourth-order valence-electron chi connectivity index (χ4n) is 4.47. The van der Waals surface area contributed by atoms with E-state index in [1.54, 1.807) is 0 Å². The Morgan fingerprint density at radius 1 is 1.24 bits per heavy atom. The van der Waals surface area contributed by atoms with E-state index in [2.05, 4.69) is 42.9 Å². The van der Waals surface area contributed by atoms with E-state index in [1.165, 1.54) is 62.6 Å². The van der Waals surface area contributed by atoms with Gasteiger partial charge in [0.05, 0.1) is 18.4 Å². The van der Waals surface area contributed by atoms with Crippen LogP contribution in [-0.4, -0.2) is 40.9 Å². The molecule has 1 spiro atoms. The number of rotatable bonds is 6. The molecule has 1 aliphatic heterocycles. The molecule has 0 radical (unpaired) electrons. The summed E-state index contributed by atoms with van der Waals surface area (Å²) in [5.74, 6) is 0.484. The molecule has 1 atom stereocenters. The van der Waals surface area contributed by atoms with Crippen LogP contribution in [-0.2, 0) is 11.3 Å². The topological polar surface area (TPSA) is 41.2 Å². The first-order valence-corrected chi connectivity index (χ1v) is 10.3. The number of unbranched alkanes of at least 4 members (excludes halogenated alkanes) is 1. The molecule has 2 heterocycles. The van der Waals surface area contributed by atoms with E-state index in [1.807, 2.05) is 6.20 Å². The van der Waals surface area contributed by atoms with Gasteiger partial charge >= 0.3 is 0 Å². The molecule has 25 heavy (non-hydrogen) atoms. The van der Waals surface area contributed by atoms with Gasteiger partial charge in [-0.15, -0.1) is 0 Å². The normalized spacial score (nSPS) is 25.6. The molecule has 1 N–H and O–H groups in total. The summed E-state index contributed by atoms with van der Waals surface area (Å²) in [4.78, 5) is 2.41. The summed E-state index contributed by atoms with van der Waals surface area (Å²) in [7, 11) is 2.21. The molecule has 2 fully saturated rings. The standard InChI is InChI=1S/C21H37N3O/c1-5-6-13-24(4)15-18-14-22-23-19(18)17-7-8-21(25-16-17)11-9-20(2,3)10-12-21/h14,17H,5-13,15-16H2,1-4H3,(H,22,23)/t17-/m1/s1. The number of aromatic amines is 1. The Balaban J connectivity index is 1.56. The molecule has 1 aliphatic carbocycles. The molecule has 1 aromatic rings. The minimum Gasteiger partial charge on any atom is -0.374 e. The first-order chi connectivity index (χ1) is 11.9. The third kappa shape index (κ3) is 4.65. The molecular formula is C21H37N3O. The maximum absolute atomic E-state index is 6.50. The third-order valence-corrected chi connectivity index (χ3v) is 6.55. The van der Waals surface area contributed by atoms with Crippen molar-refractivity contribution >= 4 is 0 Å². The maximum atomic E-state index is 6.50. The molecule has 1 aromatic heterocycles. The Morgan fingerprint density at radius 3 is 2.64 bits per heavy atom. The molecule has 0 aromatic carbocycles. The van der Waals surface area contributed by atoms with Crippen LogP contribution in [0.5, 0.6) is 0 Å². The molecule has 4 nitrogen and oxygen atoms in total. The Morgan fingerprint density at radius 2 is 2.00 bits per heavy atom. The summed E-state index contributed by atoms with van der Waals surface area (Å²) < 4.78 is 6.50. The monoisotopic (exact) mass is 347 g/mol. The second-order valence-electron chi connectivity index (χ2n) is 9.29. The average molecular weight is 348 g/mol. The highest BCUT2D eigenvalue weighted by Gasteiger charge is 2.42. The molecular weight excluding hydrogens is 310 g/mol. The van der Waals surface area contributed by atoms with Crippen LogP contribution >= 0.6 is 0 Å². The van der Waals surface area contributed by atoms with Crippen molar-refractivity contribution in [2.24, 2.45) is 5.41 Å². The van der Waals surface area contributed by atoms with E-state index in [0.717, 1.165) is 19.7 Å². The van der Waals surface area contributed by atoms with Crippen LogP contribution in [0.1, 0.15) is 89.3 Å². The van der Waals surface area contributed by atoms with Crippen molar-refractivity contribution < 1.29 is 4.74 Å². The second kappa shape index (κ2) is 7.79. The van der Waals surface area contributed by atoms with Gasteiger partial charge in [0, 0.05) is 23.7 Å². The van der Waals surface area contributed by atoms with Gasteiger partial charge < -0.3 is 9.64 Å². The van der Waals surface area contributed by atoms with Crippen LogP contribution in [0.2, 0.25) is 0 Å². The summed E-state index contributed by atoms with van der Waals surface area (Å²) in [6.07, 6.45) is 12.0. The van der Waals surface area contributed by atoms with Gasteiger partial charge in [0.2, 0.25) is 0 Å². The van der Waals surface area contributed by atoms with Gasteiger partial charge in [-0.3, -0.25) is 5.10 Å². The van der Waals surface area contributed by atoms with Gasteiger partial charge in [-0.05, 0) is 64.0 Å². The molecule has 142 valence electrons. The molecule has 0 unspecified atom stereocenters. The lowest BCUT2D eigenvalue weighted by molar-refractivity contribution is -0.122. The lowest BCUT2D eigenvalue weighted by Crippen LogP contribution is -2.43. The van der Waals surface area contributed by atoms with Gasteiger partial charge in [0.1, 0.15) is 0 Å². The predicted octanol–water partition coefficient (Wildman–Crippen LogP) is 4.87. The minimum atomic E-state index is 0.171. The number of nitrogens with zero attached hydrogens (tertiary/aromatic N) is 2. The number of H-pyrrole nitrogens is 1. The van der Waals surface area contributed by atoms with E-state index in [4.69, 9.17) is 4.74 Å². The average Bonchev–Trinajstić information content (AvgIpc) is 3.05. The van der Waals surface area contributed by atoms with Crippen molar-refractivity contribution in [2.75, 3.05) is 20.2 Å². The molecule has 1 saturated carbocycles. The van der Waals surface area contributed by atoms with Crippen LogP contribution < -0.4 is 0 Å². The van der Waals surface area contributed by atoms with Crippen molar-refractivity contribution in [1.29, 1.82) is 0 Å². The van der Waals surface area contributed by atoms with Gasteiger partial charge in [0.15, 0.2) is 0 Å². The van der Waals surface area contributed by atoms with Crippen molar-refractivity contribution in [3.05, 3.63) is 17.5 Å². The smallest absolute Gasteiger partial charge is 0.0683 e. The first kappa shape index (κ1) is 18.9.